The highest BCUT2D eigenvalue weighted by molar-refractivity contribution is 5.96. The molecule has 5 heterocycles. The molecule has 0 bridgehead atoms. The minimum Gasteiger partial charge on any atom is -0.345 e. The smallest absolute Gasteiger partial charge is 0.226 e. The molecule has 0 saturated carbocycles. The summed E-state index contributed by atoms with van der Waals surface area (Å²) in [5.41, 5.74) is 4.87. The van der Waals surface area contributed by atoms with Crippen molar-refractivity contribution >= 4 is 39.5 Å². The third-order valence-corrected chi connectivity index (χ3v) is 5.00. The molecule has 10 nitrogen and oxygen atoms in total. The van der Waals surface area contributed by atoms with E-state index in [-0.39, 0.29) is 11.8 Å². The SMILES string of the molecule is [C-]#[N+]c1ccnc2nc(-c3[nH]nc4ncc(-c5cncc(NC(=O)C(C)C)c5)cc34)[nH]c12. The zero-order valence-corrected chi connectivity index (χ0v) is 17.2. The number of fused-ring (bicyclic) bond motifs is 2. The van der Waals surface area contributed by atoms with E-state index in [1.165, 1.54) is 0 Å². The lowest BCUT2D eigenvalue weighted by molar-refractivity contribution is -0.118. The second-order valence-corrected chi connectivity index (χ2v) is 7.53. The van der Waals surface area contributed by atoms with Crippen LogP contribution in [0.15, 0.2) is 43.0 Å². The topological polar surface area (TPSA) is 129 Å². The Balaban J connectivity index is 1.57. The zero-order chi connectivity index (χ0) is 22.2. The summed E-state index contributed by atoms with van der Waals surface area (Å²) in [4.78, 5) is 36.1. The maximum Gasteiger partial charge on any atom is 0.226 e. The molecule has 5 aromatic rings. The minimum atomic E-state index is -0.133. The van der Waals surface area contributed by atoms with Gasteiger partial charge in [0, 0.05) is 35.6 Å². The van der Waals surface area contributed by atoms with E-state index >= 15 is 0 Å². The molecule has 32 heavy (non-hydrogen) atoms. The quantitative estimate of drug-likeness (QED) is 0.373. The van der Waals surface area contributed by atoms with Gasteiger partial charge in [0.2, 0.25) is 11.6 Å². The number of anilines is 1. The third-order valence-electron chi connectivity index (χ3n) is 5.00. The number of rotatable bonds is 4. The van der Waals surface area contributed by atoms with Gasteiger partial charge in [-0.05, 0) is 18.2 Å². The van der Waals surface area contributed by atoms with Crippen LogP contribution in [0, 0.1) is 12.5 Å². The molecule has 0 atom stereocenters. The van der Waals surface area contributed by atoms with Crippen LogP contribution < -0.4 is 5.32 Å². The Morgan fingerprint density at radius 3 is 2.78 bits per heavy atom. The van der Waals surface area contributed by atoms with Gasteiger partial charge in [-0.3, -0.25) is 14.9 Å². The molecule has 0 spiro atoms. The number of nitrogens with zero attached hydrogens (tertiary/aromatic N) is 6. The van der Waals surface area contributed by atoms with Gasteiger partial charge in [0.05, 0.1) is 29.4 Å². The fraction of sp³-hybridized carbons (Fsp3) is 0.136. The Labute approximate surface area is 182 Å². The number of aromatic nitrogens is 7. The molecule has 5 rings (SSSR count). The van der Waals surface area contributed by atoms with E-state index in [1.807, 2.05) is 26.0 Å². The first-order chi connectivity index (χ1) is 15.5. The molecule has 0 fully saturated rings. The molecule has 10 heteroatoms. The van der Waals surface area contributed by atoms with Gasteiger partial charge in [0.25, 0.3) is 0 Å². The van der Waals surface area contributed by atoms with E-state index in [9.17, 15) is 4.79 Å². The molecule has 0 radical (unpaired) electrons. The lowest BCUT2D eigenvalue weighted by atomic mass is 10.1. The monoisotopic (exact) mass is 423 g/mol. The summed E-state index contributed by atoms with van der Waals surface area (Å²) in [5, 5.41) is 10.9. The van der Waals surface area contributed by atoms with Gasteiger partial charge >= 0.3 is 0 Å². The number of H-pyrrole nitrogens is 2. The van der Waals surface area contributed by atoms with Crippen molar-refractivity contribution in [1.82, 2.24) is 35.1 Å². The van der Waals surface area contributed by atoms with Crippen molar-refractivity contribution in [2.45, 2.75) is 13.8 Å². The van der Waals surface area contributed by atoms with Gasteiger partial charge in [-0.1, -0.05) is 13.8 Å². The molecule has 1 amide bonds. The molecule has 5 aromatic heterocycles. The van der Waals surface area contributed by atoms with Crippen molar-refractivity contribution in [3.05, 3.63) is 54.4 Å². The Morgan fingerprint density at radius 1 is 1.12 bits per heavy atom. The second kappa shape index (κ2) is 7.55. The molecule has 0 saturated heterocycles. The van der Waals surface area contributed by atoms with E-state index in [1.54, 1.807) is 30.9 Å². The third kappa shape index (κ3) is 3.31. The molecular weight excluding hydrogens is 406 g/mol. The Morgan fingerprint density at radius 2 is 1.97 bits per heavy atom. The van der Waals surface area contributed by atoms with E-state index in [0.29, 0.717) is 39.7 Å². The van der Waals surface area contributed by atoms with Crippen LogP contribution in [0.25, 0.3) is 49.7 Å². The number of hydrogen-bond donors (Lipinski definition) is 3. The molecule has 156 valence electrons. The maximum atomic E-state index is 12.0. The molecular formula is C22H17N9O. The van der Waals surface area contributed by atoms with Crippen molar-refractivity contribution in [2.75, 3.05) is 5.32 Å². The number of aromatic amines is 2. The van der Waals surface area contributed by atoms with Crippen LogP contribution in [0.2, 0.25) is 0 Å². The van der Waals surface area contributed by atoms with Crippen molar-refractivity contribution in [1.29, 1.82) is 0 Å². The Hall–Kier alpha value is -4.65. The van der Waals surface area contributed by atoms with E-state index in [4.69, 9.17) is 6.57 Å². The summed E-state index contributed by atoms with van der Waals surface area (Å²) in [6.07, 6.45) is 6.58. The first-order valence-electron chi connectivity index (χ1n) is 9.86. The standard InChI is InChI=1S/C22H17N9O/c1-11(2)22(32)27-14-6-12(8-24-10-14)13-7-15-17(30-31-19(15)26-9-13)21-28-18-16(23-3)4-5-25-20(18)29-21/h4-11H,1-2H3,(H,27,32)(H,25,28,29)(H,26,30,31). The number of nitrogens with one attached hydrogen (secondary N) is 3. The first kappa shape index (κ1) is 19.3. The fourth-order valence-electron chi connectivity index (χ4n) is 3.30. The van der Waals surface area contributed by atoms with E-state index < -0.39 is 0 Å². The molecule has 0 aliphatic rings. The van der Waals surface area contributed by atoms with Gasteiger partial charge in [-0.2, -0.15) is 5.10 Å². The van der Waals surface area contributed by atoms with Crippen molar-refractivity contribution in [2.24, 2.45) is 5.92 Å². The first-order valence-corrected chi connectivity index (χ1v) is 9.86. The van der Waals surface area contributed by atoms with Crippen LogP contribution >= 0.6 is 0 Å². The average Bonchev–Trinajstić information content (AvgIpc) is 3.42. The van der Waals surface area contributed by atoms with Crippen molar-refractivity contribution < 1.29 is 4.79 Å². The Kier molecular flexibility index (Phi) is 4.56. The summed E-state index contributed by atoms with van der Waals surface area (Å²) < 4.78 is 0. The van der Waals surface area contributed by atoms with Crippen LogP contribution in [-0.2, 0) is 4.79 Å². The predicted molar refractivity (Wildman–Crippen MR) is 120 cm³/mol. The number of carbonyl (C=O) groups is 1. The highest BCUT2D eigenvalue weighted by Crippen LogP contribution is 2.31. The van der Waals surface area contributed by atoms with Crippen LogP contribution in [0.3, 0.4) is 0 Å². The summed E-state index contributed by atoms with van der Waals surface area (Å²) in [5.74, 6) is 0.305. The summed E-state index contributed by atoms with van der Waals surface area (Å²) in [6, 6.07) is 5.42. The largest absolute Gasteiger partial charge is 0.345 e. The fourth-order valence-corrected chi connectivity index (χ4v) is 3.30. The number of carbonyl (C=O) groups excluding carboxylic acids is 1. The van der Waals surface area contributed by atoms with Crippen LogP contribution in [0.5, 0.6) is 0 Å². The van der Waals surface area contributed by atoms with Gasteiger partial charge in [0.15, 0.2) is 17.1 Å². The Bertz CT molecular complexity index is 1520. The van der Waals surface area contributed by atoms with Gasteiger partial charge in [-0.25, -0.2) is 19.8 Å². The lowest BCUT2D eigenvalue weighted by Gasteiger charge is -2.09. The van der Waals surface area contributed by atoms with E-state index in [2.05, 4.69) is 45.3 Å². The zero-order valence-electron chi connectivity index (χ0n) is 17.2. The lowest BCUT2D eigenvalue weighted by Crippen LogP contribution is -2.17. The number of pyridine rings is 3. The maximum absolute atomic E-state index is 12.0. The molecule has 0 unspecified atom stereocenters. The summed E-state index contributed by atoms with van der Waals surface area (Å²) in [7, 11) is 0. The van der Waals surface area contributed by atoms with Crippen LogP contribution in [0.4, 0.5) is 11.4 Å². The normalized spacial score (nSPS) is 11.2. The predicted octanol–water partition coefficient (Wildman–Crippen LogP) is 4.10. The van der Waals surface area contributed by atoms with Gasteiger partial charge < -0.3 is 10.3 Å². The average molecular weight is 423 g/mol. The van der Waals surface area contributed by atoms with Crippen LogP contribution in [0.1, 0.15) is 13.8 Å². The summed E-state index contributed by atoms with van der Waals surface area (Å²) in [6.45, 7) is 11.0. The molecule has 0 aromatic carbocycles. The molecule has 3 N–H and O–H groups in total. The highest BCUT2D eigenvalue weighted by atomic mass is 16.1. The second-order valence-electron chi connectivity index (χ2n) is 7.53. The number of amides is 1. The van der Waals surface area contributed by atoms with Gasteiger partial charge in [0.1, 0.15) is 5.69 Å². The minimum absolute atomic E-state index is 0.0769. The number of hydrogen-bond acceptors (Lipinski definition) is 6. The molecule has 0 aliphatic carbocycles. The van der Waals surface area contributed by atoms with Crippen molar-refractivity contribution in [3.63, 3.8) is 0 Å². The highest BCUT2D eigenvalue weighted by Gasteiger charge is 2.16. The van der Waals surface area contributed by atoms with Gasteiger partial charge in [-0.15, -0.1) is 0 Å². The molecule has 0 aliphatic heterocycles. The summed E-state index contributed by atoms with van der Waals surface area (Å²) >= 11 is 0. The van der Waals surface area contributed by atoms with Crippen LogP contribution in [-0.4, -0.2) is 41.0 Å². The van der Waals surface area contributed by atoms with E-state index in [0.717, 1.165) is 16.5 Å². The number of imidazole rings is 1. The van der Waals surface area contributed by atoms with Crippen molar-refractivity contribution in [3.8, 4) is 22.6 Å².